The van der Waals surface area contributed by atoms with E-state index < -0.39 is 0 Å². The van der Waals surface area contributed by atoms with E-state index >= 15 is 0 Å². The van der Waals surface area contributed by atoms with Crippen LogP contribution in [0.4, 0.5) is 0 Å². The average molecular weight is 182 g/mol. The highest BCUT2D eigenvalue weighted by atomic mass is 14.1. The van der Waals surface area contributed by atoms with E-state index in [4.69, 9.17) is 0 Å². The predicted octanol–water partition coefficient (Wildman–Crippen LogP) is 4.81. The summed E-state index contributed by atoms with van der Waals surface area (Å²) in [5.41, 5.74) is 0. The molecule has 0 nitrogen and oxygen atoms in total. The van der Waals surface area contributed by atoms with Crippen LogP contribution in [0.2, 0.25) is 0 Å². The summed E-state index contributed by atoms with van der Waals surface area (Å²) in [5.74, 6) is 1.63. The fraction of sp³-hybridized carbons (Fsp3) is 0.846. The fourth-order valence-electron chi connectivity index (χ4n) is 1.63. The van der Waals surface area contributed by atoms with Crippen molar-refractivity contribution in [3.8, 4) is 0 Å². The lowest BCUT2D eigenvalue weighted by molar-refractivity contribution is 0.457. The number of hydrogen-bond acceptors (Lipinski definition) is 0. The summed E-state index contributed by atoms with van der Waals surface area (Å²) in [6, 6.07) is 0. The Morgan fingerprint density at radius 2 is 1.69 bits per heavy atom. The predicted molar refractivity (Wildman–Crippen MR) is 61.9 cm³/mol. The Morgan fingerprint density at radius 3 is 2.15 bits per heavy atom. The quantitative estimate of drug-likeness (QED) is 0.473. The van der Waals surface area contributed by atoms with Gasteiger partial charge in [-0.1, -0.05) is 52.5 Å². The zero-order chi connectivity index (χ0) is 10.1. The first kappa shape index (κ1) is 12.7. The van der Waals surface area contributed by atoms with E-state index in [0.29, 0.717) is 0 Å². The van der Waals surface area contributed by atoms with E-state index in [-0.39, 0.29) is 0 Å². The molecule has 78 valence electrons. The van der Waals surface area contributed by atoms with Crippen molar-refractivity contribution in [2.45, 2.75) is 59.3 Å². The standard InChI is InChI=1S/C13H26/c1-5-7-10-13(6-2)11-8-9-12(3)4/h6,12-13H,2,5,7-11H2,1,3-4H3. The van der Waals surface area contributed by atoms with Crippen molar-refractivity contribution in [2.24, 2.45) is 11.8 Å². The van der Waals surface area contributed by atoms with Crippen molar-refractivity contribution in [3.63, 3.8) is 0 Å². The number of rotatable bonds is 8. The molecule has 13 heavy (non-hydrogen) atoms. The van der Waals surface area contributed by atoms with Gasteiger partial charge in [-0.25, -0.2) is 0 Å². The van der Waals surface area contributed by atoms with Gasteiger partial charge in [0.05, 0.1) is 0 Å². The fourth-order valence-corrected chi connectivity index (χ4v) is 1.63. The van der Waals surface area contributed by atoms with Crippen molar-refractivity contribution >= 4 is 0 Å². The summed E-state index contributed by atoms with van der Waals surface area (Å²) in [7, 11) is 0. The Hall–Kier alpha value is -0.260. The largest absolute Gasteiger partial charge is 0.103 e. The van der Waals surface area contributed by atoms with Crippen molar-refractivity contribution in [1.82, 2.24) is 0 Å². The SMILES string of the molecule is C=CC(CCCC)CCCC(C)C. The summed E-state index contributed by atoms with van der Waals surface area (Å²) >= 11 is 0. The molecule has 0 aliphatic carbocycles. The van der Waals surface area contributed by atoms with Gasteiger partial charge in [0.25, 0.3) is 0 Å². The molecule has 0 rings (SSSR count). The van der Waals surface area contributed by atoms with Crippen molar-refractivity contribution < 1.29 is 0 Å². The first-order valence-electron chi connectivity index (χ1n) is 5.83. The molecule has 0 bridgehead atoms. The van der Waals surface area contributed by atoms with Gasteiger partial charge in [-0.2, -0.15) is 0 Å². The Bertz CT molecular complexity index is 113. The molecule has 0 radical (unpaired) electrons. The topological polar surface area (TPSA) is 0 Å². The van der Waals surface area contributed by atoms with Gasteiger partial charge in [0.15, 0.2) is 0 Å². The van der Waals surface area contributed by atoms with Gasteiger partial charge in [-0.3, -0.25) is 0 Å². The Morgan fingerprint density at radius 1 is 1.08 bits per heavy atom. The molecule has 0 heterocycles. The van der Waals surface area contributed by atoms with Crippen LogP contribution in [0.1, 0.15) is 59.3 Å². The molecule has 0 amide bonds. The normalized spacial score (nSPS) is 13.2. The van der Waals surface area contributed by atoms with Crippen LogP contribution in [0.25, 0.3) is 0 Å². The molecule has 0 spiro atoms. The lowest BCUT2D eigenvalue weighted by atomic mass is 9.94. The highest BCUT2D eigenvalue weighted by molar-refractivity contribution is 4.78. The van der Waals surface area contributed by atoms with Crippen LogP contribution in [0.15, 0.2) is 12.7 Å². The van der Waals surface area contributed by atoms with E-state index in [1.54, 1.807) is 0 Å². The molecule has 0 fully saturated rings. The Kier molecular flexibility index (Phi) is 8.18. The molecule has 0 N–H and O–H groups in total. The van der Waals surface area contributed by atoms with Crippen LogP contribution in [0.5, 0.6) is 0 Å². The maximum atomic E-state index is 3.91. The summed E-state index contributed by atoms with van der Waals surface area (Å²) in [4.78, 5) is 0. The van der Waals surface area contributed by atoms with E-state index in [1.165, 1.54) is 38.5 Å². The van der Waals surface area contributed by atoms with Gasteiger partial charge in [0.1, 0.15) is 0 Å². The molecular formula is C13H26. The lowest BCUT2D eigenvalue weighted by Gasteiger charge is -2.12. The maximum absolute atomic E-state index is 3.91. The van der Waals surface area contributed by atoms with Crippen molar-refractivity contribution in [2.75, 3.05) is 0 Å². The summed E-state index contributed by atoms with van der Waals surface area (Å²) in [6.45, 7) is 10.8. The molecule has 0 aromatic carbocycles. The third-order valence-corrected chi connectivity index (χ3v) is 2.62. The van der Waals surface area contributed by atoms with Gasteiger partial charge < -0.3 is 0 Å². The molecule has 1 unspecified atom stereocenters. The third-order valence-electron chi connectivity index (χ3n) is 2.62. The number of hydrogen-bond donors (Lipinski definition) is 0. The highest BCUT2D eigenvalue weighted by Crippen LogP contribution is 2.18. The van der Waals surface area contributed by atoms with E-state index in [0.717, 1.165) is 11.8 Å². The molecule has 0 heteroatoms. The van der Waals surface area contributed by atoms with Crippen LogP contribution in [-0.2, 0) is 0 Å². The molecule has 0 saturated heterocycles. The van der Waals surface area contributed by atoms with Gasteiger partial charge >= 0.3 is 0 Å². The van der Waals surface area contributed by atoms with E-state index in [9.17, 15) is 0 Å². The average Bonchev–Trinajstić information content (AvgIpc) is 2.10. The number of unbranched alkanes of at least 4 members (excludes halogenated alkanes) is 1. The molecule has 0 aliphatic rings. The first-order chi connectivity index (χ1) is 6.20. The molecule has 1 atom stereocenters. The van der Waals surface area contributed by atoms with Crippen molar-refractivity contribution in [1.29, 1.82) is 0 Å². The Labute approximate surface area is 84.4 Å². The minimum atomic E-state index is 0.777. The highest BCUT2D eigenvalue weighted by Gasteiger charge is 2.03. The molecule has 0 saturated carbocycles. The van der Waals surface area contributed by atoms with Gasteiger partial charge in [-0.15, -0.1) is 6.58 Å². The molecular weight excluding hydrogens is 156 g/mol. The second-order valence-corrected chi connectivity index (χ2v) is 4.46. The summed E-state index contributed by atoms with van der Waals surface area (Å²) in [6.07, 6.45) is 10.3. The zero-order valence-electron chi connectivity index (χ0n) is 9.68. The van der Waals surface area contributed by atoms with Crippen LogP contribution in [0.3, 0.4) is 0 Å². The molecule has 0 aromatic heterocycles. The Balaban J connectivity index is 3.42. The second-order valence-electron chi connectivity index (χ2n) is 4.46. The lowest BCUT2D eigenvalue weighted by Crippen LogP contribution is -1.97. The summed E-state index contributed by atoms with van der Waals surface area (Å²) < 4.78 is 0. The monoisotopic (exact) mass is 182 g/mol. The van der Waals surface area contributed by atoms with Gasteiger partial charge in [0, 0.05) is 0 Å². The third kappa shape index (κ3) is 8.08. The molecule has 0 aliphatic heterocycles. The smallest absolute Gasteiger partial charge is 0.0236 e. The van der Waals surface area contributed by atoms with Crippen LogP contribution in [0, 0.1) is 11.8 Å². The van der Waals surface area contributed by atoms with E-state index in [2.05, 4.69) is 33.4 Å². The van der Waals surface area contributed by atoms with Crippen LogP contribution < -0.4 is 0 Å². The van der Waals surface area contributed by atoms with Gasteiger partial charge in [0.2, 0.25) is 0 Å². The first-order valence-corrected chi connectivity index (χ1v) is 5.83. The minimum absolute atomic E-state index is 0.777. The number of allylic oxidation sites excluding steroid dienone is 1. The minimum Gasteiger partial charge on any atom is -0.103 e. The second kappa shape index (κ2) is 8.34. The van der Waals surface area contributed by atoms with Crippen molar-refractivity contribution in [3.05, 3.63) is 12.7 Å². The molecule has 0 aromatic rings. The van der Waals surface area contributed by atoms with Crippen LogP contribution in [-0.4, -0.2) is 0 Å². The maximum Gasteiger partial charge on any atom is -0.0236 e. The van der Waals surface area contributed by atoms with Gasteiger partial charge in [-0.05, 0) is 24.7 Å². The van der Waals surface area contributed by atoms with E-state index in [1.807, 2.05) is 0 Å². The summed E-state index contributed by atoms with van der Waals surface area (Å²) in [5, 5.41) is 0. The van der Waals surface area contributed by atoms with Crippen LogP contribution >= 0.6 is 0 Å². The zero-order valence-corrected chi connectivity index (χ0v) is 9.68.